The number of piperazine rings is 1. The predicted molar refractivity (Wildman–Crippen MR) is 121 cm³/mol. The van der Waals surface area contributed by atoms with Crippen LogP contribution in [-0.4, -0.2) is 54.3 Å². The van der Waals surface area contributed by atoms with E-state index in [1.807, 2.05) is 53.4 Å². The zero-order chi connectivity index (χ0) is 21.5. The molecule has 0 atom stereocenters. The fourth-order valence-corrected chi connectivity index (χ4v) is 3.75. The van der Waals surface area contributed by atoms with Gasteiger partial charge in [-0.3, -0.25) is 14.5 Å². The number of amides is 2. The van der Waals surface area contributed by atoms with E-state index in [0.717, 1.165) is 24.2 Å². The first-order valence-electron chi connectivity index (χ1n) is 10.6. The van der Waals surface area contributed by atoms with E-state index < -0.39 is 0 Å². The zero-order valence-corrected chi connectivity index (χ0v) is 18.5. The van der Waals surface area contributed by atoms with E-state index in [4.69, 9.17) is 11.6 Å². The summed E-state index contributed by atoms with van der Waals surface area (Å²) >= 11 is 6.12. The molecule has 1 fully saturated rings. The van der Waals surface area contributed by atoms with Crippen LogP contribution in [0.3, 0.4) is 0 Å². The van der Waals surface area contributed by atoms with E-state index in [0.29, 0.717) is 43.5 Å². The first kappa shape index (κ1) is 22.3. The summed E-state index contributed by atoms with van der Waals surface area (Å²) in [6, 6.07) is 15.4. The topological polar surface area (TPSA) is 52.7 Å². The van der Waals surface area contributed by atoms with Crippen LogP contribution in [0.25, 0.3) is 0 Å². The van der Waals surface area contributed by atoms with E-state index in [1.165, 1.54) is 5.56 Å². The molecule has 0 saturated carbocycles. The van der Waals surface area contributed by atoms with Gasteiger partial charge in [-0.05, 0) is 35.2 Å². The molecule has 1 aliphatic rings. The quantitative estimate of drug-likeness (QED) is 0.728. The van der Waals surface area contributed by atoms with Gasteiger partial charge in [0.05, 0.1) is 0 Å². The number of benzene rings is 2. The van der Waals surface area contributed by atoms with Crippen LogP contribution in [0.15, 0.2) is 48.5 Å². The number of hydrogen-bond donors (Lipinski definition) is 1. The van der Waals surface area contributed by atoms with Gasteiger partial charge in [-0.15, -0.1) is 0 Å². The van der Waals surface area contributed by atoms with Crippen molar-refractivity contribution in [3.05, 3.63) is 70.2 Å². The lowest BCUT2D eigenvalue weighted by Crippen LogP contribution is -2.49. The van der Waals surface area contributed by atoms with Crippen LogP contribution in [0, 0.1) is 0 Å². The van der Waals surface area contributed by atoms with Crippen molar-refractivity contribution in [2.24, 2.45) is 0 Å². The summed E-state index contributed by atoms with van der Waals surface area (Å²) in [4.78, 5) is 29.0. The molecule has 2 amide bonds. The number of carbonyl (C=O) groups is 2. The Hall–Kier alpha value is -2.37. The van der Waals surface area contributed by atoms with Crippen LogP contribution < -0.4 is 5.32 Å². The molecule has 0 aliphatic carbocycles. The Morgan fingerprint density at radius 1 is 1.00 bits per heavy atom. The minimum absolute atomic E-state index is 0.0127. The number of halogens is 1. The lowest BCUT2D eigenvalue weighted by atomic mass is 10.0. The maximum absolute atomic E-state index is 12.7. The maximum Gasteiger partial charge on any atom is 0.253 e. The van der Waals surface area contributed by atoms with Crippen LogP contribution in [0.5, 0.6) is 0 Å². The van der Waals surface area contributed by atoms with Gasteiger partial charge in [-0.1, -0.05) is 55.8 Å². The average molecular weight is 428 g/mol. The second-order valence-electron chi connectivity index (χ2n) is 8.03. The molecule has 160 valence electrons. The Morgan fingerprint density at radius 3 is 2.30 bits per heavy atom. The summed E-state index contributed by atoms with van der Waals surface area (Å²) in [5.74, 6) is 0.556. The molecule has 0 aromatic heterocycles. The second kappa shape index (κ2) is 10.6. The van der Waals surface area contributed by atoms with Crippen LogP contribution >= 0.6 is 11.6 Å². The van der Waals surface area contributed by atoms with E-state index in [1.54, 1.807) is 0 Å². The van der Waals surface area contributed by atoms with Crippen molar-refractivity contribution in [3.63, 3.8) is 0 Å². The van der Waals surface area contributed by atoms with Crippen LogP contribution in [0.1, 0.15) is 47.7 Å². The van der Waals surface area contributed by atoms with Crippen molar-refractivity contribution in [1.29, 1.82) is 0 Å². The first-order chi connectivity index (χ1) is 14.4. The Morgan fingerprint density at radius 2 is 1.67 bits per heavy atom. The minimum atomic E-state index is 0.0127. The third-order valence-corrected chi connectivity index (χ3v) is 5.94. The van der Waals surface area contributed by atoms with Crippen molar-refractivity contribution in [1.82, 2.24) is 15.1 Å². The van der Waals surface area contributed by atoms with Crippen LogP contribution in [-0.2, 0) is 11.3 Å². The third-order valence-electron chi connectivity index (χ3n) is 5.57. The van der Waals surface area contributed by atoms with Gasteiger partial charge >= 0.3 is 0 Å². The summed E-state index contributed by atoms with van der Waals surface area (Å²) in [6.07, 6.45) is 0.440. The van der Waals surface area contributed by atoms with E-state index in [-0.39, 0.29) is 11.8 Å². The molecule has 3 rings (SSSR count). The highest BCUT2D eigenvalue weighted by Crippen LogP contribution is 2.17. The monoisotopic (exact) mass is 427 g/mol. The standard InChI is InChI=1S/C24H30ClN3O2/c1-18(2)19-7-9-20(10-8-19)24(30)28-15-13-27(14-16-28)12-11-23(29)26-17-21-5-3-4-6-22(21)25/h3-10,18H,11-17H2,1-2H3,(H,26,29). The van der Waals surface area contributed by atoms with E-state index in [9.17, 15) is 9.59 Å². The second-order valence-corrected chi connectivity index (χ2v) is 8.44. The molecule has 5 nitrogen and oxygen atoms in total. The van der Waals surface area contributed by atoms with Gasteiger partial charge in [0.25, 0.3) is 5.91 Å². The Balaban J connectivity index is 1.39. The highest BCUT2D eigenvalue weighted by Gasteiger charge is 2.22. The highest BCUT2D eigenvalue weighted by molar-refractivity contribution is 6.31. The molecule has 0 spiro atoms. The molecular weight excluding hydrogens is 398 g/mol. The number of hydrogen-bond acceptors (Lipinski definition) is 3. The number of rotatable bonds is 7. The highest BCUT2D eigenvalue weighted by atomic mass is 35.5. The number of nitrogens with one attached hydrogen (secondary N) is 1. The molecule has 0 bridgehead atoms. The SMILES string of the molecule is CC(C)c1ccc(C(=O)N2CCN(CCC(=O)NCc3ccccc3Cl)CC2)cc1. The molecule has 1 aliphatic heterocycles. The molecule has 2 aromatic rings. The summed E-state index contributed by atoms with van der Waals surface area (Å²) in [5.41, 5.74) is 2.90. The molecular formula is C24H30ClN3O2. The van der Waals surface area contributed by atoms with Crippen molar-refractivity contribution >= 4 is 23.4 Å². The minimum Gasteiger partial charge on any atom is -0.352 e. The van der Waals surface area contributed by atoms with Crippen LogP contribution in [0.4, 0.5) is 0 Å². The van der Waals surface area contributed by atoms with Gasteiger partial charge in [-0.2, -0.15) is 0 Å². The molecule has 0 radical (unpaired) electrons. The van der Waals surface area contributed by atoms with Gasteiger partial charge in [0, 0.05) is 56.3 Å². The Kier molecular flexibility index (Phi) is 7.88. The molecule has 30 heavy (non-hydrogen) atoms. The van der Waals surface area contributed by atoms with Crippen LogP contribution in [0.2, 0.25) is 5.02 Å². The predicted octanol–water partition coefficient (Wildman–Crippen LogP) is 3.93. The molecule has 1 heterocycles. The summed E-state index contributed by atoms with van der Waals surface area (Å²) in [5, 5.41) is 3.59. The van der Waals surface area contributed by atoms with Gasteiger partial charge in [0.15, 0.2) is 0 Å². The number of nitrogens with zero attached hydrogens (tertiary/aromatic N) is 2. The average Bonchev–Trinajstić information content (AvgIpc) is 2.77. The smallest absolute Gasteiger partial charge is 0.253 e. The molecule has 0 unspecified atom stereocenters. The van der Waals surface area contributed by atoms with Gasteiger partial charge in [0.1, 0.15) is 0 Å². The fourth-order valence-electron chi connectivity index (χ4n) is 3.55. The van der Waals surface area contributed by atoms with Gasteiger partial charge < -0.3 is 10.2 Å². The first-order valence-corrected chi connectivity index (χ1v) is 10.9. The lowest BCUT2D eigenvalue weighted by molar-refractivity contribution is -0.121. The zero-order valence-electron chi connectivity index (χ0n) is 17.7. The van der Waals surface area contributed by atoms with Gasteiger partial charge in [0.2, 0.25) is 5.91 Å². The van der Waals surface area contributed by atoms with Crippen molar-refractivity contribution < 1.29 is 9.59 Å². The Labute approximate surface area is 184 Å². The molecule has 2 aromatic carbocycles. The summed E-state index contributed by atoms with van der Waals surface area (Å²) in [7, 11) is 0. The van der Waals surface area contributed by atoms with E-state index >= 15 is 0 Å². The lowest BCUT2D eigenvalue weighted by Gasteiger charge is -2.34. The molecule has 6 heteroatoms. The van der Waals surface area contributed by atoms with E-state index in [2.05, 4.69) is 24.1 Å². The molecule has 1 N–H and O–H groups in total. The Bertz CT molecular complexity index is 859. The largest absolute Gasteiger partial charge is 0.352 e. The summed E-state index contributed by atoms with van der Waals surface area (Å²) < 4.78 is 0. The number of carbonyl (C=O) groups excluding carboxylic acids is 2. The van der Waals surface area contributed by atoms with Crippen molar-refractivity contribution in [2.75, 3.05) is 32.7 Å². The maximum atomic E-state index is 12.7. The molecule has 1 saturated heterocycles. The van der Waals surface area contributed by atoms with Gasteiger partial charge in [-0.25, -0.2) is 0 Å². The van der Waals surface area contributed by atoms with Crippen molar-refractivity contribution in [2.45, 2.75) is 32.7 Å². The fraction of sp³-hybridized carbons (Fsp3) is 0.417. The normalized spacial score (nSPS) is 14.7. The third kappa shape index (κ3) is 6.07. The van der Waals surface area contributed by atoms with Crippen molar-refractivity contribution in [3.8, 4) is 0 Å². The summed E-state index contributed by atoms with van der Waals surface area (Å²) in [6.45, 7) is 8.37.